The summed E-state index contributed by atoms with van der Waals surface area (Å²) >= 11 is 0. The Balaban J connectivity index is 1.59. The van der Waals surface area contributed by atoms with E-state index in [0.29, 0.717) is 11.9 Å². The van der Waals surface area contributed by atoms with Gasteiger partial charge in [0, 0.05) is 20.6 Å². The Kier molecular flexibility index (Phi) is 5.73. The van der Waals surface area contributed by atoms with Crippen LogP contribution < -0.4 is 16.6 Å². The van der Waals surface area contributed by atoms with Crippen LogP contribution in [0.4, 0.5) is 0 Å². The molecular formula is C23H27N5O3. The third-order valence-corrected chi connectivity index (χ3v) is 6.03. The van der Waals surface area contributed by atoms with Gasteiger partial charge in [-0.15, -0.1) is 0 Å². The van der Waals surface area contributed by atoms with Gasteiger partial charge >= 0.3 is 5.69 Å². The smallest absolute Gasteiger partial charge is 0.332 e. The minimum atomic E-state index is -0.476. The summed E-state index contributed by atoms with van der Waals surface area (Å²) in [5, 5.41) is 3.30. The number of likely N-dealkylation sites (tertiary alicyclic amines) is 1. The van der Waals surface area contributed by atoms with Crippen LogP contribution in [0.25, 0.3) is 11.0 Å². The number of rotatable bonds is 5. The number of carbonyl (C=O) groups is 1. The highest BCUT2D eigenvalue weighted by Crippen LogP contribution is 2.25. The molecule has 1 N–H and O–H groups in total. The van der Waals surface area contributed by atoms with Crippen molar-refractivity contribution in [1.82, 2.24) is 24.3 Å². The van der Waals surface area contributed by atoms with Crippen LogP contribution in [0.1, 0.15) is 40.5 Å². The molecule has 3 aromatic rings. The molecule has 0 spiro atoms. The number of hydrogen-bond acceptors (Lipinski definition) is 5. The first-order valence-corrected chi connectivity index (χ1v) is 10.5. The van der Waals surface area contributed by atoms with Crippen LogP contribution in [0.2, 0.25) is 0 Å². The van der Waals surface area contributed by atoms with Gasteiger partial charge in [0.2, 0.25) is 0 Å². The van der Waals surface area contributed by atoms with Crippen molar-refractivity contribution in [3.05, 3.63) is 74.1 Å². The lowest BCUT2D eigenvalue weighted by molar-refractivity contribution is 0.0933. The third kappa shape index (κ3) is 4.03. The standard InChI is InChI=1S/C23H27N5O3/c1-15-6-8-16(9-7-15)19(28-12-4-5-13-28)14-24-21(29)18-11-10-17-20(25-18)26(2)23(31)27(3)22(17)30/h6-11,19H,4-5,12-14H2,1-3H3,(H,24,29). The fourth-order valence-electron chi connectivity index (χ4n) is 4.16. The molecule has 0 radical (unpaired) electrons. The number of nitrogens with zero attached hydrogens (tertiary/aromatic N) is 4. The van der Waals surface area contributed by atoms with Crippen LogP contribution in [0.3, 0.4) is 0 Å². The number of amides is 1. The molecule has 1 atom stereocenters. The van der Waals surface area contributed by atoms with E-state index in [4.69, 9.17) is 0 Å². The maximum atomic E-state index is 12.9. The van der Waals surface area contributed by atoms with E-state index in [1.165, 1.54) is 28.8 Å². The van der Waals surface area contributed by atoms with E-state index < -0.39 is 11.2 Å². The number of nitrogens with one attached hydrogen (secondary N) is 1. The van der Waals surface area contributed by atoms with Crippen molar-refractivity contribution >= 4 is 16.9 Å². The Morgan fingerprint density at radius 1 is 1.03 bits per heavy atom. The number of benzene rings is 1. The zero-order valence-corrected chi connectivity index (χ0v) is 18.1. The van der Waals surface area contributed by atoms with Crippen molar-refractivity contribution in [3.63, 3.8) is 0 Å². The zero-order valence-electron chi connectivity index (χ0n) is 18.1. The molecule has 1 aromatic carbocycles. The topological polar surface area (TPSA) is 89.2 Å². The fraction of sp³-hybridized carbons (Fsp3) is 0.391. The summed E-state index contributed by atoms with van der Waals surface area (Å²) in [6.45, 7) is 4.53. The van der Waals surface area contributed by atoms with Crippen molar-refractivity contribution < 1.29 is 4.79 Å². The van der Waals surface area contributed by atoms with E-state index >= 15 is 0 Å². The van der Waals surface area contributed by atoms with Gasteiger partial charge in [0.25, 0.3) is 11.5 Å². The molecule has 4 rings (SSSR count). The first-order valence-electron chi connectivity index (χ1n) is 10.5. The molecule has 8 nitrogen and oxygen atoms in total. The Hall–Kier alpha value is -3.26. The quantitative estimate of drug-likeness (QED) is 0.675. The largest absolute Gasteiger partial charge is 0.349 e. The highest BCUT2D eigenvalue weighted by molar-refractivity contribution is 5.94. The van der Waals surface area contributed by atoms with Gasteiger partial charge in [-0.1, -0.05) is 29.8 Å². The van der Waals surface area contributed by atoms with E-state index in [1.54, 1.807) is 13.1 Å². The second-order valence-corrected chi connectivity index (χ2v) is 8.15. The molecule has 1 unspecified atom stereocenters. The van der Waals surface area contributed by atoms with Gasteiger partial charge in [-0.05, 0) is 50.6 Å². The highest BCUT2D eigenvalue weighted by Gasteiger charge is 2.24. The predicted octanol–water partition coefficient (Wildman–Crippen LogP) is 1.51. The molecule has 31 heavy (non-hydrogen) atoms. The van der Waals surface area contributed by atoms with Gasteiger partial charge in [0.05, 0.1) is 11.4 Å². The van der Waals surface area contributed by atoms with Crippen LogP contribution in [-0.4, -0.2) is 44.6 Å². The second-order valence-electron chi connectivity index (χ2n) is 8.15. The van der Waals surface area contributed by atoms with Crippen LogP contribution >= 0.6 is 0 Å². The first-order chi connectivity index (χ1) is 14.9. The molecule has 162 valence electrons. The Morgan fingerprint density at radius 2 is 1.71 bits per heavy atom. The minimum absolute atomic E-state index is 0.0872. The van der Waals surface area contributed by atoms with E-state index in [-0.39, 0.29) is 23.3 Å². The maximum Gasteiger partial charge on any atom is 0.332 e. The molecule has 8 heteroatoms. The lowest BCUT2D eigenvalue weighted by Crippen LogP contribution is -2.38. The summed E-state index contributed by atoms with van der Waals surface area (Å²) < 4.78 is 2.32. The molecule has 0 aliphatic carbocycles. The van der Waals surface area contributed by atoms with Crippen molar-refractivity contribution in [2.45, 2.75) is 25.8 Å². The van der Waals surface area contributed by atoms with Crippen LogP contribution in [0.5, 0.6) is 0 Å². The van der Waals surface area contributed by atoms with Gasteiger partial charge in [0.15, 0.2) is 0 Å². The molecule has 3 heterocycles. The van der Waals surface area contributed by atoms with E-state index in [9.17, 15) is 14.4 Å². The van der Waals surface area contributed by atoms with Gasteiger partial charge in [-0.3, -0.25) is 23.6 Å². The van der Waals surface area contributed by atoms with Gasteiger partial charge in [-0.25, -0.2) is 9.78 Å². The summed E-state index contributed by atoms with van der Waals surface area (Å²) in [6, 6.07) is 11.6. The minimum Gasteiger partial charge on any atom is -0.349 e. The summed E-state index contributed by atoms with van der Waals surface area (Å²) in [6.07, 6.45) is 2.32. The molecule has 1 saturated heterocycles. The van der Waals surface area contributed by atoms with Gasteiger partial charge in [-0.2, -0.15) is 0 Å². The summed E-state index contributed by atoms with van der Waals surface area (Å²) in [4.78, 5) is 44.1. The van der Waals surface area contributed by atoms with Crippen molar-refractivity contribution in [2.24, 2.45) is 14.1 Å². The number of fused-ring (bicyclic) bond motifs is 1. The molecule has 2 aromatic heterocycles. The molecule has 1 aliphatic heterocycles. The normalized spacial score (nSPS) is 15.3. The van der Waals surface area contributed by atoms with Gasteiger partial charge < -0.3 is 5.32 Å². The van der Waals surface area contributed by atoms with Crippen LogP contribution in [0, 0.1) is 6.92 Å². The maximum absolute atomic E-state index is 12.9. The van der Waals surface area contributed by atoms with E-state index in [2.05, 4.69) is 46.4 Å². The number of hydrogen-bond donors (Lipinski definition) is 1. The zero-order chi connectivity index (χ0) is 22.1. The Morgan fingerprint density at radius 3 is 2.39 bits per heavy atom. The molecule has 0 bridgehead atoms. The number of aryl methyl sites for hydroxylation is 2. The lowest BCUT2D eigenvalue weighted by atomic mass is 10.0. The number of carbonyl (C=O) groups excluding carboxylic acids is 1. The Labute approximate surface area is 180 Å². The molecule has 0 saturated carbocycles. The monoisotopic (exact) mass is 421 g/mol. The highest BCUT2D eigenvalue weighted by atomic mass is 16.2. The van der Waals surface area contributed by atoms with Gasteiger partial charge in [0.1, 0.15) is 11.3 Å². The fourth-order valence-corrected chi connectivity index (χ4v) is 4.16. The average Bonchev–Trinajstić information content (AvgIpc) is 3.31. The number of pyridine rings is 1. The second kappa shape index (κ2) is 8.47. The SMILES string of the molecule is Cc1ccc(C(CNC(=O)c2ccc3c(=O)n(C)c(=O)n(C)c3n2)N2CCCC2)cc1. The predicted molar refractivity (Wildman–Crippen MR) is 119 cm³/mol. The number of aromatic nitrogens is 3. The molecule has 1 fully saturated rings. The van der Waals surface area contributed by atoms with Crippen molar-refractivity contribution in [1.29, 1.82) is 0 Å². The third-order valence-electron chi connectivity index (χ3n) is 6.03. The Bertz CT molecular complexity index is 1240. The summed E-state index contributed by atoms with van der Waals surface area (Å²) in [7, 11) is 2.97. The average molecular weight is 422 g/mol. The van der Waals surface area contributed by atoms with Crippen LogP contribution in [0.15, 0.2) is 46.0 Å². The lowest BCUT2D eigenvalue weighted by Gasteiger charge is -2.28. The summed E-state index contributed by atoms with van der Waals surface area (Å²) in [5.74, 6) is -0.327. The molecule has 1 aliphatic rings. The van der Waals surface area contributed by atoms with Crippen LogP contribution in [-0.2, 0) is 14.1 Å². The van der Waals surface area contributed by atoms with Crippen molar-refractivity contribution in [3.8, 4) is 0 Å². The van der Waals surface area contributed by atoms with E-state index in [1.807, 2.05) is 0 Å². The van der Waals surface area contributed by atoms with E-state index in [0.717, 1.165) is 30.5 Å². The molecule has 1 amide bonds. The molecular weight excluding hydrogens is 394 g/mol. The first kappa shape index (κ1) is 21.0. The van der Waals surface area contributed by atoms with Crippen molar-refractivity contribution in [2.75, 3.05) is 19.6 Å². The summed E-state index contributed by atoms with van der Waals surface area (Å²) in [5.41, 5.74) is 1.85.